The molecule has 5 nitrogen and oxygen atoms in total. The lowest BCUT2D eigenvalue weighted by Crippen LogP contribution is -2.31. The van der Waals surface area contributed by atoms with Gasteiger partial charge in [0, 0.05) is 0 Å². The van der Waals surface area contributed by atoms with Crippen LogP contribution in [0.25, 0.3) is 0 Å². The molecule has 0 aromatic heterocycles. The Hall–Kier alpha value is -2.82. The third-order valence-electron chi connectivity index (χ3n) is 4.80. The van der Waals surface area contributed by atoms with Crippen molar-refractivity contribution in [1.82, 2.24) is 0 Å². The largest absolute Gasteiger partial charge is 0.489 e. The highest BCUT2D eigenvalue weighted by molar-refractivity contribution is 5.96. The van der Waals surface area contributed by atoms with Crippen molar-refractivity contribution in [3.05, 3.63) is 65.7 Å². The number of methoxy groups -OCH3 is 1. The van der Waals surface area contributed by atoms with Gasteiger partial charge in [-0.3, -0.25) is 9.59 Å². The summed E-state index contributed by atoms with van der Waals surface area (Å²) in [5, 5.41) is 0. The highest BCUT2D eigenvalue weighted by atomic mass is 16.6. The second kappa shape index (κ2) is 7.66. The van der Waals surface area contributed by atoms with E-state index < -0.39 is 22.9 Å². The fourth-order valence-electron chi connectivity index (χ4n) is 3.37. The first-order valence-electron chi connectivity index (χ1n) is 9.35. The Morgan fingerprint density at radius 2 is 1.79 bits per heavy atom. The van der Waals surface area contributed by atoms with Crippen molar-refractivity contribution in [3.63, 3.8) is 0 Å². The van der Waals surface area contributed by atoms with Gasteiger partial charge < -0.3 is 14.2 Å². The second-order valence-corrected chi connectivity index (χ2v) is 8.06. The Morgan fingerprint density at radius 3 is 2.43 bits per heavy atom. The molecular weight excluding hydrogens is 356 g/mol. The Morgan fingerprint density at radius 1 is 1.07 bits per heavy atom. The van der Waals surface area contributed by atoms with Gasteiger partial charge in [-0.25, -0.2) is 0 Å². The summed E-state index contributed by atoms with van der Waals surface area (Å²) in [4.78, 5) is 25.2. The number of ether oxygens (including phenoxy) is 3. The molecule has 0 heterocycles. The van der Waals surface area contributed by atoms with Crippen LogP contribution in [0.4, 0.5) is 0 Å². The van der Waals surface area contributed by atoms with Gasteiger partial charge in [0.25, 0.3) is 0 Å². The summed E-state index contributed by atoms with van der Waals surface area (Å²) in [6.45, 7) is 5.85. The second-order valence-electron chi connectivity index (χ2n) is 8.06. The molecule has 3 rings (SSSR count). The molecule has 1 unspecified atom stereocenters. The zero-order chi connectivity index (χ0) is 20.4. The smallest absolute Gasteiger partial charge is 0.317 e. The zero-order valence-electron chi connectivity index (χ0n) is 16.7. The van der Waals surface area contributed by atoms with Crippen molar-refractivity contribution in [2.75, 3.05) is 7.11 Å². The van der Waals surface area contributed by atoms with Crippen LogP contribution in [-0.2, 0) is 31.1 Å². The summed E-state index contributed by atoms with van der Waals surface area (Å²) in [6, 6.07) is 17.1. The van der Waals surface area contributed by atoms with Crippen molar-refractivity contribution in [2.45, 2.75) is 44.8 Å². The first-order valence-corrected chi connectivity index (χ1v) is 9.35. The summed E-state index contributed by atoms with van der Waals surface area (Å²) in [7, 11) is 1.34. The van der Waals surface area contributed by atoms with Crippen LogP contribution < -0.4 is 4.74 Å². The predicted octanol–water partition coefficient (Wildman–Crippen LogP) is 4.04. The standard InChI is InChI=1S/C23H26O5/c1-22(2,3)28-20(24)19-14-23(19,21(25)26-4)17-11-8-12-18(13-17)27-15-16-9-6-5-7-10-16/h5-13,19H,14-15H2,1-4H3/t19?,23-/m1/s1. The van der Waals surface area contributed by atoms with Crippen LogP contribution in [0.2, 0.25) is 0 Å². The van der Waals surface area contributed by atoms with Crippen LogP contribution in [0.3, 0.4) is 0 Å². The van der Waals surface area contributed by atoms with Gasteiger partial charge in [-0.05, 0) is 50.5 Å². The van der Waals surface area contributed by atoms with Crippen LogP contribution in [0.1, 0.15) is 38.3 Å². The molecule has 0 amide bonds. The van der Waals surface area contributed by atoms with E-state index in [-0.39, 0.29) is 5.97 Å². The molecule has 1 saturated carbocycles. The molecule has 0 N–H and O–H groups in total. The summed E-state index contributed by atoms with van der Waals surface area (Å²) in [5.41, 5.74) is 0.139. The van der Waals surface area contributed by atoms with Crippen molar-refractivity contribution >= 4 is 11.9 Å². The molecule has 2 aromatic carbocycles. The molecule has 2 atom stereocenters. The van der Waals surface area contributed by atoms with Gasteiger partial charge in [0.15, 0.2) is 0 Å². The number of carbonyl (C=O) groups is 2. The molecule has 28 heavy (non-hydrogen) atoms. The number of hydrogen-bond acceptors (Lipinski definition) is 5. The average molecular weight is 382 g/mol. The van der Waals surface area contributed by atoms with Crippen LogP contribution in [0, 0.1) is 5.92 Å². The fraction of sp³-hybridized carbons (Fsp3) is 0.391. The topological polar surface area (TPSA) is 61.8 Å². The quantitative estimate of drug-likeness (QED) is 0.706. The minimum atomic E-state index is -1.01. The normalized spacial score (nSPS) is 20.9. The van der Waals surface area contributed by atoms with Crippen molar-refractivity contribution in [2.24, 2.45) is 5.92 Å². The Balaban J connectivity index is 1.81. The minimum Gasteiger partial charge on any atom is -0.489 e. The van der Waals surface area contributed by atoms with Gasteiger partial charge in [0.05, 0.1) is 13.0 Å². The third kappa shape index (κ3) is 4.19. The van der Waals surface area contributed by atoms with E-state index in [1.165, 1.54) is 7.11 Å². The van der Waals surface area contributed by atoms with Crippen molar-refractivity contribution in [1.29, 1.82) is 0 Å². The van der Waals surface area contributed by atoms with Crippen molar-refractivity contribution < 1.29 is 23.8 Å². The van der Waals surface area contributed by atoms with E-state index in [0.29, 0.717) is 24.3 Å². The first-order chi connectivity index (χ1) is 13.3. The molecule has 5 heteroatoms. The van der Waals surface area contributed by atoms with E-state index in [9.17, 15) is 9.59 Å². The molecule has 0 radical (unpaired) electrons. The minimum absolute atomic E-state index is 0.372. The molecule has 0 bridgehead atoms. The maximum absolute atomic E-state index is 12.6. The summed E-state index contributed by atoms with van der Waals surface area (Å²) in [6.07, 6.45) is 0.372. The van der Waals surface area contributed by atoms with Gasteiger partial charge >= 0.3 is 11.9 Å². The van der Waals surface area contributed by atoms with E-state index in [1.807, 2.05) is 75.4 Å². The fourth-order valence-corrected chi connectivity index (χ4v) is 3.37. The average Bonchev–Trinajstić information content (AvgIpc) is 3.43. The van der Waals surface area contributed by atoms with Crippen LogP contribution in [0.15, 0.2) is 54.6 Å². The molecule has 148 valence electrons. The first kappa shape index (κ1) is 19.9. The number of carbonyl (C=O) groups excluding carboxylic acids is 2. The van der Waals surface area contributed by atoms with Gasteiger partial charge in [0.1, 0.15) is 23.4 Å². The molecular formula is C23H26O5. The van der Waals surface area contributed by atoms with Gasteiger partial charge in [-0.15, -0.1) is 0 Å². The molecule has 0 spiro atoms. The number of rotatable bonds is 6. The SMILES string of the molecule is COC(=O)[C@@]1(c2cccc(OCc3ccccc3)c2)CC1C(=O)OC(C)(C)C. The van der Waals surface area contributed by atoms with Crippen LogP contribution in [-0.4, -0.2) is 24.6 Å². The number of benzene rings is 2. The van der Waals surface area contributed by atoms with E-state index in [2.05, 4.69) is 0 Å². The molecule has 1 aliphatic rings. The van der Waals surface area contributed by atoms with E-state index >= 15 is 0 Å². The number of esters is 2. The van der Waals surface area contributed by atoms with E-state index in [0.717, 1.165) is 5.56 Å². The predicted molar refractivity (Wildman–Crippen MR) is 105 cm³/mol. The molecule has 1 aliphatic carbocycles. The summed E-state index contributed by atoms with van der Waals surface area (Å²) in [5.74, 6) is -0.722. The summed E-state index contributed by atoms with van der Waals surface area (Å²) >= 11 is 0. The third-order valence-corrected chi connectivity index (χ3v) is 4.80. The Labute approximate surface area is 165 Å². The molecule has 0 saturated heterocycles. The lowest BCUT2D eigenvalue weighted by atomic mass is 9.93. The Bertz CT molecular complexity index is 853. The van der Waals surface area contributed by atoms with Crippen LogP contribution in [0.5, 0.6) is 5.75 Å². The van der Waals surface area contributed by atoms with E-state index in [4.69, 9.17) is 14.2 Å². The molecule has 2 aromatic rings. The van der Waals surface area contributed by atoms with Gasteiger partial charge in [-0.2, -0.15) is 0 Å². The number of hydrogen-bond donors (Lipinski definition) is 0. The van der Waals surface area contributed by atoms with E-state index in [1.54, 1.807) is 0 Å². The Kier molecular flexibility index (Phi) is 5.45. The highest BCUT2D eigenvalue weighted by Crippen LogP contribution is 2.56. The molecule has 0 aliphatic heterocycles. The monoisotopic (exact) mass is 382 g/mol. The highest BCUT2D eigenvalue weighted by Gasteiger charge is 2.67. The maximum Gasteiger partial charge on any atom is 0.317 e. The maximum atomic E-state index is 12.6. The lowest BCUT2D eigenvalue weighted by Gasteiger charge is -2.21. The zero-order valence-corrected chi connectivity index (χ0v) is 16.7. The summed E-state index contributed by atoms with van der Waals surface area (Å²) < 4.78 is 16.4. The van der Waals surface area contributed by atoms with Gasteiger partial charge in [0.2, 0.25) is 0 Å². The van der Waals surface area contributed by atoms with Crippen LogP contribution >= 0.6 is 0 Å². The van der Waals surface area contributed by atoms with Gasteiger partial charge in [-0.1, -0.05) is 42.5 Å². The molecule has 1 fully saturated rings. The van der Waals surface area contributed by atoms with Crippen molar-refractivity contribution in [3.8, 4) is 5.75 Å². The lowest BCUT2D eigenvalue weighted by molar-refractivity contribution is -0.159.